The maximum absolute atomic E-state index is 5.97. The lowest BCUT2D eigenvalue weighted by Crippen LogP contribution is -2.02. The molecule has 0 aliphatic rings. The van der Waals surface area contributed by atoms with E-state index < -0.39 is 0 Å². The molecule has 3 nitrogen and oxygen atoms in total. The molecule has 2 aromatic rings. The van der Waals surface area contributed by atoms with Crippen molar-refractivity contribution in [3.8, 4) is 0 Å². The fraction of sp³-hybridized carbons (Fsp3) is 0.294. The molecule has 21 heavy (non-hydrogen) atoms. The molecule has 0 amide bonds. The van der Waals surface area contributed by atoms with Crippen molar-refractivity contribution in [1.29, 1.82) is 0 Å². The summed E-state index contributed by atoms with van der Waals surface area (Å²) in [6.45, 7) is 2.87. The molecule has 1 aromatic heterocycles. The van der Waals surface area contributed by atoms with Crippen LogP contribution in [0, 0.1) is 0 Å². The minimum Gasteiger partial charge on any atom is -0.365 e. The Morgan fingerprint density at radius 1 is 1.29 bits per heavy atom. The third-order valence-electron chi connectivity index (χ3n) is 3.03. The minimum atomic E-state index is 0.679. The number of aromatic nitrogens is 2. The van der Waals surface area contributed by atoms with Gasteiger partial charge in [0.2, 0.25) is 0 Å². The monoisotopic (exact) mass is 301 g/mol. The van der Waals surface area contributed by atoms with E-state index in [0.29, 0.717) is 6.54 Å². The highest BCUT2D eigenvalue weighted by Crippen LogP contribution is 2.12. The van der Waals surface area contributed by atoms with E-state index in [9.17, 15) is 0 Å². The Labute approximate surface area is 131 Å². The lowest BCUT2D eigenvalue weighted by molar-refractivity contribution is 0.816. The van der Waals surface area contributed by atoms with Gasteiger partial charge in [-0.3, -0.25) is 4.98 Å². The van der Waals surface area contributed by atoms with Crippen LogP contribution in [0.15, 0.2) is 42.7 Å². The molecular weight excluding hydrogens is 282 g/mol. The van der Waals surface area contributed by atoms with E-state index >= 15 is 0 Å². The van der Waals surface area contributed by atoms with Crippen molar-refractivity contribution >= 4 is 23.5 Å². The largest absolute Gasteiger partial charge is 0.365 e. The lowest BCUT2D eigenvalue weighted by Gasteiger charge is -2.06. The Balaban J connectivity index is 1.93. The topological polar surface area (TPSA) is 37.8 Å². The van der Waals surface area contributed by atoms with E-state index in [0.717, 1.165) is 28.5 Å². The quantitative estimate of drug-likeness (QED) is 0.736. The van der Waals surface area contributed by atoms with Crippen LogP contribution in [-0.4, -0.2) is 9.97 Å². The number of hydrogen-bond acceptors (Lipinski definition) is 3. The summed E-state index contributed by atoms with van der Waals surface area (Å²) >= 11 is 5.97. The highest BCUT2D eigenvalue weighted by Gasteiger charge is 1.98. The number of nitrogens with one attached hydrogen (secondary N) is 1. The van der Waals surface area contributed by atoms with Gasteiger partial charge in [0, 0.05) is 11.6 Å². The molecule has 0 atom stereocenters. The second kappa shape index (κ2) is 8.42. The molecule has 110 valence electrons. The highest BCUT2D eigenvalue weighted by molar-refractivity contribution is 6.30. The van der Waals surface area contributed by atoms with Crippen molar-refractivity contribution in [3.05, 3.63) is 59.0 Å². The molecule has 0 unspecified atom stereocenters. The molecule has 0 radical (unpaired) electrons. The van der Waals surface area contributed by atoms with Gasteiger partial charge in [0.15, 0.2) is 0 Å². The van der Waals surface area contributed by atoms with Crippen LogP contribution in [0.25, 0.3) is 6.08 Å². The fourth-order valence-electron chi connectivity index (χ4n) is 1.91. The van der Waals surface area contributed by atoms with Gasteiger partial charge in [-0.1, -0.05) is 49.6 Å². The molecule has 1 heterocycles. The van der Waals surface area contributed by atoms with Crippen molar-refractivity contribution in [3.63, 3.8) is 0 Å². The van der Waals surface area contributed by atoms with E-state index in [1.165, 1.54) is 12.8 Å². The molecule has 4 heteroatoms. The predicted octanol–water partition coefficient (Wildman–Crippen LogP) is 4.95. The van der Waals surface area contributed by atoms with E-state index in [-0.39, 0.29) is 0 Å². The Morgan fingerprint density at radius 3 is 3.00 bits per heavy atom. The third kappa shape index (κ3) is 5.56. The molecule has 1 N–H and O–H groups in total. The van der Waals surface area contributed by atoms with Gasteiger partial charge in [0.1, 0.15) is 5.82 Å². The summed E-state index contributed by atoms with van der Waals surface area (Å²) in [6.07, 6.45) is 11.2. The highest BCUT2D eigenvalue weighted by atomic mass is 35.5. The van der Waals surface area contributed by atoms with Crippen LogP contribution in [0.1, 0.15) is 37.4 Å². The van der Waals surface area contributed by atoms with Crippen LogP contribution >= 0.6 is 11.6 Å². The zero-order chi connectivity index (χ0) is 14.9. The zero-order valence-corrected chi connectivity index (χ0v) is 13.0. The van der Waals surface area contributed by atoms with E-state index in [1.54, 1.807) is 12.4 Å². The number of halogens is 1. The van der Waals surface area contributed by atoms with Gasteiger partial charge in [-0.05, 0) is 30.2 Å². The van der Waals surface area contributed by atoms with Gasteiger partial charge in [0.25, 0.3) is 0 Å². The predicted molar refractivity (Wildman–Crippen MR) is 89.4 cm³/mol. The van der Waals surface area contributed by atoms with Crippen LogP contribution in [-0.2, 0) is 6.54 Å². The summed E-state index contributed by atoms with van der Waals surface area (Å²) in [5.74, 6) is 0.771. The number of rotatable bonds is 7. The van der Waals surface area contributed by atoms with Gasteiger partial charge in [-0.25, -0.2) is 4.98 Å². The maximum atomic E-state index is 5.97. The average molecular weight is 302 g/mol. The van der Waals surface area contributed by atoms with Gasteiger partial charge in [0.05, 0.1) is 18.1 Å². The number of nitrogens with zero attached hydrogens (tertiary/aromatic N) is 2. The number of hydrogen-bond donors (Lipinski definition) is 1. The molecule has 2 rings (SSSR count). The zero-order valence-electron chi connectivity index (χ0n) is 12.2. The summed E-state index contributed by atoms with van der Waals surface area (Å²) < 4.78 is 0. The Hall–Kier alpha value is -1.87. The number of benzene rings is 1. The molecule has 0 spiro atoms. The molecule has 0 aliphatic heterocycles. The van der Waals surface area contributed by atoms with E-state index in [4.69, 9.17) is 11.6 Å². The number of anilines is 1. The first kappa shape index (κ1) is 15.5. The summed E-state index contributed by atoms with van der Waals surface area (Å²) in [5, 5.41) is 4.01. The van der Waals surface area contributed by atoms with Crippen LogP contribution in [0.3, 0.4) is 0 Å². The summed E-state index contributed by atoms with van der Waals surface area (Å²) in [7, 11) is 0. The first-order valence-corrected chi connectivity index (χ1v) is 7.62. The van der Waals surface area contributed by atoms with Crippen molar-refractivity contribution in [2.45, 2.75) is 32.7 Å². The Kier molecular flexibility index (Phi) is 6.22. The first-order chi connectivity index (χ1) is 10.3. The van der Waals surface area contributed by atoms with Crippen molar-refractivity contribution in [2.75, 3.05) is 5.32 Å². The molecule has 0 saturated heterocycles. The molecule has 0 saturated carbocycles. The summed E-state index contributed by atoms with van der Waals surface area (Å²) in [6, 6.07) is 7.78. The molecule has 0 fully saturated rings. The molecule has 1 aromatic carbocycles. The summed E-state index contributed by atoms with van der Waals surface area (Å²) in [4.78, 5) is 8.73. The normalized spacial score (nSPS) is 11.0. The number of allylic oxidation sites excluding steroid dienone is 1. The molecule has 0 bridgehead atoms. The van der Waals surface area contributed by atoms with E-state index in [1.807, 2.05) is 30.3 Å². The maximum Gasteiger partial charge on any atom is 0.145 e. The number of unbranched alkanes of at least 4 members (excludes halogenated alkanes) is 2. The van der Waals surface area contributed by atoms with Crippen molar-refractivity contribution in [2.24, 2.45) is 0 Å². The van der Waals surface area contributed by atoms with Crippen LogP contribution in [0.4, 0.5) is 5.82 Å². The van der Waals surface area contributed by atoms with Crippen LogP contribution in [0.2, 0.25) is 5.02 Å². The van der Waals surface area contributed by atoms with Crippen LogP contribution < -0.4 is 5.32 Å². The second-order valence-electron chi connectivity index (χ2n) is 4.86. The van der Waals surface area contributed by atoms with Gasteiger partial charge >= 0.3 is 0 Å². The Morgan fingerprint density at radius 2 is 2.19 bits per heavy atom. The van der Waals surface area contributed by atoms with Crippen LogP contribution in [0.5, 0.6) is 0 Å². The van der Waals surface area contributed by atoms with Gasteiger partial charge in [-0.2, -0.15) is 0 Å². The summed E-state index contributed by atoms with van der Waals surface area (Å²) in [5.41, 5.74) is 2.00. The SMILES string of the molecule is CCCC/C=C/c1cncc(NCc2cccc(Cl)c2)n1. The van der Waals surface area contributed by atoms with E-state index in [2.05, 4.69) is 28.3 Å². The van der Waals surface area contributed by atoms with Gasteiger partial charge < -0.3 is 5.32 Å². The lowest BCUT2D eigenvalue weighted by atomic mass is 10.2. The molecular formula is C17H20ClN3. The minimum absolute atomic E-state index is 0.679. The van der Waals surface area contributed by atoms with Crippen molar-refractivity contribution in [1.82, 2.24) is 9.97 Å². The van der Waals surface area contributed by atoms with Crippen molar-refractivity contribution < 1.29 is 0 Å². The molecule has 0 aliphatic carbocycles. The first-order valence-electron chi connectivity index (χ1n) is 7.25. The Bertz CT molecular complexity index is 596. The van der Waals surface area contributed by atoms with Gasteiger partial charge in [-0.15, -0.1) is 0 Å². The average Bonchev–Trinajstić information content (AvgIpc) is 2.50. The smallest absolute Gasteiger partial charge is 0.145 e. The third-order valence-corrected chi connectivity index (χ3v) is 3.26. The standard InChI is InChI=1S/C17H20ClN3/c1-2-3-4-5-9-16-12-19-13-17(21-16)20-11-14-7-6-8-15(18)10-14/h5-10,12-13H,2-4,11H2,1H3,(H,20,21)/b9-5+. The second-order valence-corrected chi connectivity index (χ2v) is 5.29. The fourth-order valence-corrected chi connectivity index (χ4v) is 2.13.